The van der Waals surface area contributed by atoms with Gasteiger partial charge in [0, 0.05) is 19.6 Å². The number of amides is 1. The number of carbonyl (C=O) groups is 1. The number of hydrogen-bond acceptors (Lipinski definition) is 4. The Morgan fingerprint density at radius 2 is 2.13 bits per heavy atom. The maximum Gasteiger partial charge on any atom is 0.261 e. The van der Waals surface area contributed by atoms with Crippen LogP contribution in [0.2, 0.25) is 0 Å². The highest BCUT2D eigenvalue weighted by Gasteiger charge is 2.27. The van der Waals surface area contributed by atoms with Gasteiger partial charge < -0.3 is 5.32 Å². The lowest BCUT2D eigenvalue weighted by Gasteiger charge is -2.31. The fraction of sp³-hybridized carbons (Fsp3) is 0.688. The fourth-order valence-electron chi connectivity index (χ4n) is 3.52. The lowest BCUT2D eigenvalue weighted by atomic mass is 9.93. The van der Waals surface area contributed by atoms with E-state index in [4.69, 9.17) is 0 Å². The van der Waals surface area contributed by atoms with Gasteiger partial charge in [-0.1, -0.05) is 0 Å². The van der Waals surface area contributed by atoms with Crippen molar-refractivity contribution in [1.29, 1.82) is 0 Å². The first-order valence-electron chi connectivity index (χ1n) is 8.27. The number of nitrogens with zero attached hydrogens (tertiary/aromatic N) is 1. The molecule has 2 heterocycles. The number of fused-ring (bicyclic) bond motifs is 1. The third kappa shape index (κ3) is 3.95. The van der Waals surface area contributed by atoms with Gasteiger partial charge >= 0.3 is 0 Å². The molecular formula is C16H24N2O3S2. The number of nitrogens with one attached hydrogen (secondary N) is 1. The smallest absolute Gasteiger partial charge is 0.261 e. The molecule has 7 heteroatoms. The third-order valence-electron chi connectivity index (χ3n) is 4.81. The van der Waals surface area contributed by atoms with E-state index in [1.165, 1.54) is 28.1 Å². The van der Waals surface area contributed by atoms with Gasteiger partial charge in [-0.2, -0.15) is 0 Å². The van der Waals surface area contributed by atoms with Gasteiger partial charge in [0.05, 0.1) is 11.1 Å². The minimum absolute atomic E-state index is 0.00892. The summed E-state index contributed by atoms with van der Waals surface area (Å²) in [6.07, 6.45) is 7.56. The molecule has 0 radical (unpaired) electrons. The average Bonchev–Trinajstić information content (AvgIpc) is 2.96. The van der Waals surface area contributed by atoms with Crippen molar-refractivity contribution in [1.82, 2.24) is 9.62 Å². The molecule has 3 rings (SSSR count). The fourth-order valence-corrected chi connectivity index (χ4v) is 5.54. The molecule has 1 amide bonds. The molecule has 128 valence electrons. The largest absolute Gasteiger partial charge is 0.351 e. The Hall–Kier alpha value is -0.920. The Labute approximate surface area is 142 Å². The highest BCUT2D eigenvalue weighted by atomic mass is 32.2. The minimum atomic E-state index is -3.13. The second-order valence-corrected chi connectivity index (χ2v) is 9.48. The van der Waals surface area contributed by atoms with E-state index in [0.717, 1.165) is 37.0 Å². The summed E-state index contributed by atoms with van der Waals surface area (Å²) in [5.41, 5.74) is 2.58. The van der Waals surface area contributed by atoms with E-state index in [2.05, 4.69) is 10.7 Å². The number of carbonyl (C=O) groups excluding carboxylic acids is 1. The van der Waals surface area contributed by atoms with E-state index < -0.39 is 10.0 Å². The van der Waals surface area contributed by atoms with Gasteiger partial charge in [0.2, 0.25) is 10.0 Å². The number of rotatable bonds is 4. The van der Waals surface area contributed by atoms with E-state index in [1.54, 1.807) is 11.3 Å². The number of sulfonamides is 1. The molecule has 2 aliphatic rings. The van der Waals surface area contributed by atoms with Crippen LogP contribution in [0.15, 0.2) is 5.38 Å². The highest BCUT2D eigenvalue weighted by molar-refractivity contribution is 7.88. The molecule has 0 unspecified atom stereocenters. The van der Waals surface area contributed by atoms with Crippen molar-refractivity contribution in [3.8, 4) is 0 Å². The Balaban J connectivity index is 1.58. The van der Waals surface area contributed by atoms with E-state index >= 15 is 0 Å². The molecule has 1 N–H and O–H groups in total. The van der Waals surface area contributed by atoms with Gasteiger partial charge in [-0.3, -0.25) is 4.79 Å². The Morgan fingerprint density at radius 1 is 1.35 bits per heavy atom. The molecule has 1 aliphatic carbocycles. The standard InChI is InChI=1S/C16H24N2O3S2/c1-23(20,21)18-8-4-5-12(10-18)9-17-16(19)15-14-7-3-2-6-13(14)11-22-15/h11-12H,2-10H2,1H3,(H,17,19)/t12-/m0/s1. The zero-order valence-corrected chi connectivity index (χ0v) is 15.1. The molecule has 1 saturated heterocycles. The zero-order valence-electron chi connectivity index (χ0n) is 13.5. The Kier molecular flexibility index (Phi) is 5.08. The molecule has 0 saturated carbocycles. The molecular weight excluding hydrogens is 332 g/mol. The number of thiophene rings is 1. The molecule has 1 aromatic heterocycles. The molecule has 23 heavy (non-hydrogen) atoms. The van der Waals surface area contributed by atoms with Crippen LogP contribution >= 0.6 is 11.3 Å². The van der Waals surface area contributed by atoms with Crippen LogP contribution in [0.25, 0.3) is 0 Å². The summed E-state index contributed by atoms with van der Waals surface area (Å²) in [5.74, 6) is 0.216. The predicted molar refractivity (Wildman–Crippen MR) is 92.4 cm³/mol. The predicted octanol–water partition coefficient (Wildman–Crippen LogP) is 2.03. The summed E-state index contributed by atoms with van der Waals surface area (Å²) >= 11 is 1.55. The van der Waals surface area contributed by atoms with Gasteiger partial charge in [0.15, 0.2) is 0 Å². The van der Waals surface area contributed by atoms with Crippen LogP contribution in [0.3, 0.4) is 0 Å². The third-order valence-corrected chi connectivity index (χ3v) is 7.15. The molecule has 1 fully saturated rings. The van der Waals surface area contributed by atoms with Crippen molar-refractivity contribution in [2.24, 2.45) is 5.92 Å². The SMILES string of the molecule is CS(=O)(=O)N1CCC[C@@H](CNC(=O)c2scc3c2CCCC3)C1. The van der Waals surface area contributed by atoms with Crippen molar-refractivity contribution in [2.45, 2.75) is 38.5 Å². The van der Waals surface area contributed by atoms with Crippen molar-refractivity contribution in [3.63, 3.8) is 0 Å². The molecule has 0 aromatic carbocycles. The Bertz CT molecular complexity index is 681. The topological polar surface area (TPSA) is 66.5 Å². The second-order valence-electron chi connectivity index (χ2n) is 6.62. The van der Waals surface area contributed by atoms with Crippen LogP contribution in [0, 0.1) is 5.92 Å². The van der Waals surface area contributed by atoms with Crippen molar-refractivity contribution < 1.29 is 13.2 Å². The number of aryl methyl sites for hydroxylation is 1. The maximum atomic E-state index is 12.5. The van der Waals surface area contributed by atoms with Crippen LogP contribution in [0.1, 0.15) is 46.5 Å². The van der Waals surface area contributed by atoms with Crippen molar-refractivity contribution >= 4 is 27.3 Å². The average molecular weight is 357 g/mol. The van der Waals surface area contributed by atoms with E-state index in [9.17, 15) is 13.2 Å². The molecule has 0 bridgehead atoms. The highest BCUT2D eigenvalue weighted by Crippen LogP contribution is 2.29. The monoisotopic (exact) mass is 356 g/mol. The van der Waals surface area contributed by atoms with Gasteiger partial charge in [0.25, 0.3) is 5.91 Å². The second kappa shape index (κ2) is 6.91. The van der Waals surface area contributed by atoms with Crippen LogP contribution in [0.4, 0.5) is 0 Å². The van der Waals surface area contributed by atoms with Crippen LogP contribution in [-0.2, 0) is 22.9 Å². The van der Waals surface area contributed by atoms with Gasteiger partial charge in [-0.25, -0.2) is 12.7 Å². The normalized spacial score (nSPS) is 22.6. The van der Waals surface area contributed by atoms with Gasteiger partial charge in [-0.05, 0) is 60.9 Å². The van der Waals surface area contributed by atoms with Gasteiger partial charge in [-0.15, -0.1) is 11.3 Å². The minimum Gasteiger partial charge on any atom is -0.351 e. The first-order valence-corrected chi connectivity index (χ1v) is 11.0. The number of hydrogen-bond donors (Lipinski definition) is 1. The first-order chi connectivity index (χ1) is 10.9. The summed E-state index contributed by atoms with van der Waals surface area (Å²) in [6.45, 7) is 1.67. The van der Waals surface area contributed by atoms with E-state index in [0.29, 0.717) is 19.6 Å². The van der Waals surface area contributed by atoms with Crippen molar-refractivity contribution in [3.05, 3.63) is 21.4 Å². The lowest BCUT2D eigenvalue weighted by Crippen LogP contribution is -2.43. The lowest BCUT2D eigenvalue weighted by molar-refractivity contribution is 0.0944. The zero-order chi connectivity index (χ0) is 16.4. The summed E-state index contributed by atoms with van der Waals surface area (Å²) < 4.78 is 24.8. The molecule has 0 spiro atoms. The first kappa shape index (κ1) is 16.9. The number of piperidine rings is 1. The summed E-state index contributed by atoms with van der Waals surface area (Å²) in [4.78, 5) is 13.3. The van der Waals surface area contributed by atoms with Crippen molar-refractivity contribution in [2.75, 3.05) is 25.9 Å². The molecule has 1 aromatic rings. The van der Waals surface area contributed by atoms with E-state index in [1.807, 2.05) is 0 Å². The van der Waals surface area contributed by atoms with Gasteiger partial charge in [0.1, 0.15) is 0 Å². The van der Waals surface area contributed by atoms with Crippen LogP contribution in [-0.4, -0.2) is 44.5 Å². The van der Waals surface area contributed by atoms with E-state index in [-0.39, 0.29) is 11.8 Å². The summed E-state index contributed by atoms with van der Waals surface area (Å²) in [5, 5.41) is 5.15. The molecule has 5 nitrogen and oxygen atoms in total. The quantitative estimate of drug-likeness (QED) is 0.898. The summed E-state index contributed by atoms with van der Waals surface area (Å²) in [7, 11) is -3.13. The van der Waals surface area contributed by atoms with Crippen LogP contribution < -0.4 is 5.32 Å². The molecule has 1 aliphatic heterocycles. The Morgan fingerprint density at radius 3 is 2.91 bits per heavy atom. The maximum absolute atomic E-state index is 12.5. The summed E-state index contributed by atoms with van der Waals surface area (Å²) in [6, 6.07) is 0. The van der Waals surface area contributed by atoms with Crippen LogP contribution in [0.5, 0.6) is 0 Å². The molecule has 1 atom stereocenters.